The molecule has 2 N–H and O–H groups in total. The number of alkyl halides is 3. The molecule has 0 spiro atoms. The van der Waals surface area contributed by atoms with Gasteiger partial charge in [-0.1, -0.05) is 20.8 Å². The van der Waals surface area contributed by atoms with E-state index in [-0.39, 0.29) is 0 Å². The van der Waals surface area contributed by atoms with Crippen molar-refractivity contribution in [3.63, 3.8) is 0 Å². The minimum Gasteiger partial charge on any atom is -0.327 e. The Bertz CT molecular complexity index is 123. The Kier molecular flexibility index (Phi) is 2.94. The summed E-state index contributed by atoms with van der Waals surface area (Å²) in [6, 6.07) is -0.817. The Balaban J connectivity index is 3.99. The summed E-state index contributed by atoms with van der Waals surface area (Å²) in [5.41, 5.74) is 4.84. The molecule has 0 aliphatic carbocycles. The average molecular weight is 169 g/mol. The van der Waals surface area contributed by atoms with Gasteiger partial charge in [0.25, 0.3) is 0 Å². The second-order valence-electron chi connectivity index (χ2n) is 3.79. The van der Waals surface area contributed by atoms with E-state index in [1.165, 1.54) is 0 Å². The number of nitrogens with two attached hydrogens (primary N) is 1. The monoisotopic (exact) mass is 169 g/mol. The predicted octanol–water partition coefficient (Wildman–Crippen LogP) is 2.31. The quantitative estimate of drug-likeness (QED) is 0.640. The molecule has 0 aromatic heterocycles. The van der Waals surface area contributed by atoms with E-state index >= 15 is 0 Å². The highest BCUT2D eigenvalue weighted by Gasteiger charge is 2.35. The normalized spacial score (nSPS) is 16.6. The Morgan fingerprint density at radius 3 is 1.64 bits per heavy atom. The van der Waals surface area contributed by atoms with Gasteiger partial charge in [-0.3, -0.25) is 0 Å². The molecule has 0 aromatic rings. The Labute approximate surface area is 64.8 Å². The van der Waals surface area contributed by atoms with Crippen LogP contribution in [-0.2, 0) is 0 Å². The minimum atomic E-state index is -4.15. The fourth-order valence-electron chi connectivity index (χ4n) is 0.556. The van der Waals surface area contributed by atoms with Crippen LogP contribution in [0.5, 0.6) is 0 Å². The van der Waals surface area contributed by atoms with E-state index in [1.54, 1.807) is 20.8 Å². The molecule has 11 heavy (non-hydrogen) atoms. The molecular formula is C7H14F3N. The maximum atomic E-state index is 11.8. The van der Waals surface area contributed by atoms with Gasteiger partial charge in [0.1, 0.15) is 0 Å². The van der Waals surface area contributed by atoms with Crippen LogP contribution in [-0.4, -0.2) is 12.2 Å². The Morgan fingerprint density at radius 1 is 1.18 bits per heavy atom. The molecule has 68 valence electrons. The van der Waals surface area contributed by atoms with Gasteiger partial charge in [-0.2, -0.15) is 13.2 Å². The van der Waals surface area contributed by atoms with Crippen LogP contribution in [0.4, 0.5) is 13.2 Å². The number of rotatable bonds is 1. The molecule has 0 aliphatic rings. The van der Waals surface area contributed by atoms with Crippen molar-refractivity contribution in [3.05, 3.63) is 0 Å². The first kappa shape index (κ1) is 10.8. The highest BCUT2D eigenvalue weighted by Crippen LogP contribution is 2.28. The van der Waals surface area contributed by atoms with Crippen LogP contribution in [0.3, 0.4) is 0 Å². The van der Waals surface area contributed by atoms with Crippen molar-refractivity contribution in [1.82, 2.24) is 0 Å². The fourth-order valence-corrected chi connectivity index (χ4v) is 0.556. The maximum absolute atomic E-state index is 11.8. The zero-order valence-corrected chi connectivity index (χ0v) is 7.00. The molecule has 0 heterocycles. The lowest BCUT2D eigenvalue weighted by molar-refractivity contribution is -0.143. The molecule has 0 rings (SSSR count). The molecule has 0 saturated carbocycles. The van der Waals surface area contributed by atoms with Crippen LogP contribution in [0.1, 0.15) is 27.2 Å². The van der Waals surface area contributed by atoms with Gasteiger partial charge in [-0.05, 0) is 5.41 Å². The van der Waals surface area contributed by atoms with Gasteiger partial charge in [-0.25, -0.2) is 0 Å². The van der Waals surface area contributed by atoms with Gasteiger partial charge >= 0.3 is 6.18 Å². The molecule has 0 aromatic carbocycles. The zero-order chi connectivity index (χ0) is 9.28. The van der Waals surface area contributed by atoms with Crippen molar-refractivity contribution in [2.75, 3.05) is 0 Å². The lowest BCUT2D eigenvalue weighted by atomic mass is 9.85. The van der Waals surface area contributed by atoms with Crippen molar-refractivity contribution in [2.45, 2.75) is 39.4 Å². The first-order valence-corrected chi connectivity index (χ1v) is 3.45. The van der Waals surface area contributed by atoms with E-state index in [9.17, 15) is 13.2 Å². The van der Waals surface area contributed by atoms with E-state index in [4.69, 9.17) is 5.73 Å². The van der Waals surface area contributed by atoms with E-state index in [2.05, 4.69) is 0 Å². The second-order valence-corrected chi connectivity index (χ2v) is 3.79. The summed E-state index contributed by atoms with van der Waals surface area (Å²) in [7, 11) is 0. The highest BCUT2D eigenvalue weighted by molar-refractivity contribution is 4.79. The summed E-state index contributed by atoms with van der Waals surface area (Å²) in [5.74, 6) is 0. The minimum absolute atomic E-state index is 0.477. The molecule has 0 radical (unpaired) electrons. The van der Waals surface area contributed by atoms with Crippen LogP contribution < -0.4 is 5.73 Å². The molecule has 0 unspecified atom stereocenters. The average Bonchev–Trinajstić information content (AvgIpc) is 1.56. The van der Waals surface area contributed by atoms with E-state index in [1.807, 2.05) is 0 Å². The molecule has 0 aliphatic heterocycles. The van der Waals surface area contributed by atoms with Crippen molar-refractivity contribution >= 4 is 0 Å². The number of halogens is 3. The SMILES string of the molecule is CC(C)(C)[C@H](N)CC(F)(F)F. The number of hydrogen-bond donors (Lipinski definition) is 1. The fraction of sp³-hybridized carbons (Fsp3) is 1.00. The van der Waals surface area contributed by atoms with Crippen LogP contribution in [0.15, 0.2) is 0 Å². The van der Waals surface area contributed by atoms with E-state index in [0.717, 1.165) is 0 Å². The zero-order valence-electron chi connectivity index (χ0n) is 7.00. The molecule has 0 fully saturated rings. The summed E-state index contributed by atoms with van der Waals surface area (Å²) < 4.78 is 35.3. The molecule has 0 amide bonds. The Morgan fingerprint density at radius 2 is 1.55 bits per heavy atom. The maximum Gasteiger partial charge on any atom is 0.390 e. The van der Waals surface area contributed by atoms with Crippen molar-refractivity contribution < 1.29 is 13.2 Å². The second kappa shape index (κ2) is 3.01. The van der Waals surface area contributed by atoms with Crippen molar-refractivity contribution in [3.8, 4) is 0 Å². The first-order valence-electron chi connectivity index (χ1n) is 3.45. The summed E-state index contributed by atoms with van der Waals surface area (Å²) in [4.78, 5) is 0. The summed E-state index contributed by atoms with van der Waals surface area (Å²) in [6.45, 7) is 5.09. The molecule has 1 nitrogen and oxygen atoms in total. The smallest absolute Gasteiger partial charge is 0.327 e. The van der Waals surface area contributed by atoms with Crippen molar-refractivity contribution in [2.24, 2.45) is 11.1 Å². The Hall–Kier alpha value is -0.250. The van der Waals surface area contributed by atoms with Crippen LogP contribution >= 0.6 is 0 Å². The van der Waals surface area contributed by atoms with Gasteiger partial charge in [0.15, 0.2) is 0 Å². The molecular weight excluding hydrogens is 155 g/mol. The largest absolute Gasteiger partial charge is 0.390 e. The molecule has 0 bridgehead atoms. The van der Waals surface area contributed by atoms with Crippen molar-refractivity contribution in [1.29, 1.82) is 0 Å². The standard InChI is InChI=1S/C7H14F3N/c1-6(2,3)5(11)4-7(8,9)10/h5H,4,11H2,1-3H3/t5-/m1/s1. The third-order valence-corrected chi connectivity index (χ3v) is 1.56. The first-order chi connectivity index (χ1) is 4.63. The highest BCUT2D eigenvalue weighted by atomic mass is 19.4. The van der Waals surface area contributed by atoms with Gasteiger partial charge < -0.3 is 5.73 Å². The van der Waals surface area contributed by atoms with E-state index in [0.29, 0.717) is 0 Å². The summed E-state index contributed by atoms with van der Waals surface area (Å²) in [6.07, 6.45) is -5.05. The summed E-state index contributed by atoms with van der Waals surface area (Å²) in [5, 5.41) is 0. The van der Waals surface area contributed by atoms with E-state index < -0.39 is 24.1 Å². The number of hydrogen-bond acceptors (Lipinski definition) is 1. The lowest BCUT2D eigenvalue weighted by Crippen LogP contribution is -2.38. The van der Waals surface area contributed by atoms with Gasteiger partial charge in [-0.15, -0.1) is 0 Å². The van der Waals surface area contributed by atoms with Gasteiger partial charge in [0.2, 0.25) is 0 Å². The lowest BCUT2D eigenvalue weighted by Gasteiger charge is -2.27. The predicted molar refractivity (Wildman–Crippen MR) is 38.1 cm³/mol. The third kappa shape index (κ3) is 5.07. The van der Waals surface area contributed by atoms with Crippen LogP contribution in [0.25, 0.3) is 0 Å². The summed E-state index contributed by atoms with van der Waals surface area (Å²) >= 11 is 0. The van der Waals surface area contributed by atoms with Gasteiger partial charge in [0, 0.05) is 6.04 Å². The van der Waals surface area contributed by atoms with Gasteiger partial charge in [0.05, 0.1) is 6.42 Å². The molecule has 4 heteroatoms. The molecule has 0 saturated heterocycles. The third-order valence-electron chi connectivity index (χ3n) is 1.56. The topological polar surface area (TPSA) is 26.0 Å². The molecule has 1 atom stereocenters. The van der Waals surface area contributed by atoms with Crippen LogP contribution in [0.2, 0.25) is 0 Å². The van der Waals surface area contributed by atoms with Crippen LogP contribution in [0, 0.1) is 5.41 Å².